The van der Waals surface area contributed by atoms with E-state index in [4.69, 9.17) is 0 Å². The largest absolute Gasteiger partial charge is 0.316 e. The normalized spacial score (nSPS) is 14.1. The first-order valence-electron chi connectivity index (χ1n) is 6.32. The minimum absolute atomic E-state index is 0.562. The first-order chi connectivity index (χ1) is 8.06. The van der Waals surface area contributed by atoms with Gasteiger partial charge in [0, 0.05) is 18.9 Å². The van der Waals surface area contributed by atoms with Crippen LogP contribution in [0.15, 0.2) is 24.0 Å². The van der Waals surface area contributed by atoms with E-state index in [0.717, 1.165) is 6.54 Å². The molecule has 0 spiro atoms. The van der Waals surface area contributed by atoms with Gasteiger partial charge in [-0.25, -0.2) is 0 Å². The fourth-order valence-electron chi connectivity index (χ4n) is 1.91. The molecule has 0 aromatic carbocycles. The highest BCUT2D eigenvalue weighted by molar-refractivity contribution is 5.56. The maximum absolute atomic E-state index is 4.24. The third-order valence-corrected chi connectivity index (χ3v) is 3.24. The molecule has 0 saturated carbocycles. The third-order valence-electron chi connectivity index (χ3n) is 3.24. The van der Waals surface area contributed by atoms with Crippen LogP contribution in [0.4, 0.5) is 0 Å². The average molecular weight is 232 g/mol. The molecule has 1 aromatic heterocycles. The van der Waals surface area contributed by atoms with E-state index in [2.05, 4.69) is 50.1 Å². The summed E-state index contributed by atoms with van der Waals surface area (Å²) in [6.07, 6.45) is 6.09. The molecule has 1 N–H and O–H groups in total. The summed E-state index contributed by atoms with van der Waals surface area (Å²) >= 11 is 0. The predicted molar refractivity (Wildman–Crippen MR) is 75.1 cm³/mol. The Labute approximate surface area is 105 Å². The Morgan fingerprint density at radius 3 is 2.71 bits per heavy atom. The van der Waals surface area contributed by atoms with Gasteiger partial charge in [0.2, 0.25) is 0 Å². The molecule has 17 heavy (non-hydrogen) atoms. The summed E-state index contributed by atoms with van der Waals surface area (Å²) in [5, 5.41) is 3.17. The Morgan fingerprint density at radius 1 is 1.41 bits per heavy atom. The molecule has 0 aliphatic carbocycles. The maximum atomic E-state index is 4.24. The predicted octanol–water partition coefficient (Wildman–Crippen LogP) is 3.46. The number of aromatic nitrogens is 1. The van der Waals surface area contributed by atoms with Gasteiger partial charge in [0.1, 0.15) is 0 Å². The SMILES string of the molecule is CNC/C(C)=C/c1cnccc1[C@H](C)C(C)C. The van der Waals surface area contributed by atoms with Crippen LogP contribution in [0, 0.1) is 5.92 Å². The van der Waals surface area contributed by atoms with Crippen LogP contribution in [0.25, 0.3) is 6.08 Å². The van der Waals surface area contributed by atoms with Crippen molar-refractivity contribution in [3.63, 3.8) is 0 Å². The van der Waals surface area contributed by atoms with Crippen LogP contribution in [0.1, 0.15) is 44.7 Å². The van der Waals surface area contributed by atoms with Gasteiger partial charge in [-0.05, 0) is 43.0 Å². The van der Waals surface area contributed by atoms with E-state index < -0.39 is 0 Å². The molecular formula is C15H24N2. The topological polar surface area (TPSA) is 24.9 Å². The van der Waals surface area contributed by atoms with E-state index in [9.17, 15) is 0 Å². The molecule has 94 valence electrons. The van der Waals surface area contributed by atoms with Gasteiger partial charge < -0.3 is 5.32 Å². The summed E-state index contributed by atoms with van der Waals surface area (Å²) in [5.41, 5.74) is 3.98. The van der Waals surface area contributed by atoms with Gasteiger partial charge in [-0.3, -0.25) is 4.98 Å². The molecule has 0 radical (unpaired) electrons. The summed E-state index contributed by atoms with van der Waals surface area (Å²) in [4.78, 5) is 4.24. The first kappa shape index (κ1) is 13.9. The first-order valence-corrected chi connectivity index (χ1v) is 6.32. The van der Waals surface area contributed by atoms with Gasteiger partial charge in [0.25, 0.3) is 0 Å². The van der Waals surface area contributed by atoms with Gasteiger partial charge in [-0.15, -0.1) is 0 Å². The standard InChI is InChI=1S/C15H24N2/c1-11(2)13(4)15-6-7-17-10-14(15)8-12(3)9-16-5/h6-8,10-11,13,16H,9H2,1-5H3/b12-8+/t13-/m1/s1. The third kappa shape index (κ3) is 3.97. The average Bonchev–Trinajstić information content (AvgIpc) is 2.29. The zero-order valence-electron chi connectivity index (χ0n) is 11.6. The Balaban J connectivity index is 3.04. The van der Waals surface area contributed by atoms with E-state index in [1.807, 2.05) is 19.4 Å². The zero-order valence-corrected chi connectivity index (χ0v) is 11.6. The lowest BCUT2D eigenvalue weighted by Crippen LogP contribution is -2.09. The van der Waals surface area contributed by atoms with Crippen molar-refractivity contribution < 1.29 is 0 Å². The Morgan fingerprint density at radius 2 is 2.12 bits per heavy atom. The van der Waals surface area contributed by atoms with Crippen molar-refractivity contribution in [3.8, 4) is 0 Å². The molecule has 0 aliphatic heterocycles. The van der Waals surface area contributed by atoms with E-state index in [1.54, 1.807) is 0 Å². The second kappa shape index (κ2) is 6.55. The van der Waals surface area contributed by atoms with Crippen LogP contribution < -0.4 is 5.32 Å². The summed E-state index contributed by atoms with van der Waals surface area (Å²) in [7, 11) is 1.97. The summed E-state index contributed by atoms with van der Waals surface area (Å²) < 4.78 is 0. The Hall–Kier alpha value is -1.15. The Kier molecular flexibility index (Phi) is 5.36. The van der Waals surface area contributed by atoms with Crippen molar-refractivity contribution in [1.29, 1.82) is 0 Å². The molecule has 1 heterocycles. The monoisotopic (exact) mass is 232 g/mol. The molecule has 1 aromatic rings. The lowest BCUT2D eigenvalue weighted by atomic mass is 9.88. The number of hydrogen-bond donors (Lipinski definition) is 1. The zero-order chi connectivity index (χ0) is 12.8. The van der Waals surface area contributed by atoms with E-state index >= 15 is 0 Å². The van der Waals surface area contributed by atoms with Crippen LogP contribution in [-0.4, -0.2) is 18.6 Å². The second-order valence-corrected chi connectivity index (χ2v) is 5.06. The summed E-state index contributed by atoms with van der Waals surface area (Å²) in [5.74, 6) is 1.21. The maximum Gasteiger partial charge on any atom is 0.0343 e. The smallest absolute Gasteiger partial charge is 0.0343 e. The van der Waals surface area contributed by atoms with Crippen LogP contribution >= 0.6 is 0 Å². The van der Waals surface area contributed by atoms with Crippen molar-refractivity contribution in [2.24, 2.45) is 5.92 Å². The molecular weight excluding hydrogens is 208 g/mol. The fraction of sp³-hybridized carbons (Fsp3) is 0.533. The van der Waals surface area contributed by atoms with Crippen LogP contribution in [0.5, 0.6) is 0 Å². The molecule has 0 fully saturated rings. The van der Waals surface area contributed by atoms with Crippen LogP contribution in [-0.2, 0) is 0 Å². The molecule has 1 rings (SSSR count). The van der Waals surface area contributed by atoms with Crippen molar-refractivity contribution in [3.05, 3.63) is 35.2 Å². The minimum atomic E-state index is 0.562. The van der Waals surface area contributed by atoms with Gasteiger partial charge in [0.15, 0.2) is 0 Å². The van der Waals surface area contributed by atoms with Crippen molar-refractivity contribution in [1.82, 2.24) is 10.3 Å². The number of hydrogen-bond acceptors (Lipinski definition) is 2. The quantitative estimate of drug-likeness (QED) is 0.841. The summed E-state index contributed by atoms with van der Waals surface area (Å²) in [6.45, 7) is 9.88. The molecule has 2 nitrogen and oxygen atoms in total. The number of rotatable bonds is 5. The minimum Gasteiger partial charge on any atom is -0.316 e. The van der Waals surface area contributed by atoms with Gasteiger partial charge >= 0.3 is 0 Å². The van der Waals surface area contributed by atoms with Crippen molar-refractivity contribution >= 4 is 6.08 Å². The molecule has 0 bridgehead atoms. The molecule has 1 atom stereocenters. The molecule has 2 heteroatoms. The van der Waals surface area contributed by atoms with Crippen LogP contribution in [0.3, 0.4) is 0 Å². The highest BCUT2D eigenvalue weighted by Crippen LogP contribution is 2.27. The number of likely N-dealkylation sites (N-methyl/N-ethyl adjacent to an activating group) is 1. The highest BCUT2D eigenvalue weighted by Gasteiger charge is 2.12. The van der Waals surface area contributed by atoms with Crippen molar-refractivity contribution in [2.75, 3.05) is 13.6 Å². The fourth-order valence-corrected chi connectivity index (χ4v) is 1.91. The number of pyridine rings is 1. The van der Waals surface area contributed by atoms with Crippen LogP contribution in [0.2, 0.25) is 0 Å². The number of nitrogens with one attached hydrogen (secondary N) is 1. The molecule has 0 unspecified atom stereocenters. The van der Waals surface area contributed by atoms with Gasteiger partial charge in [-0.1, -0.05) is 32.4 Å². The molecule has 0 aliphatic rings. The van der Waals surface area contributed by atoms with Gasteiger partial charge in [0.05, 0.1) is 0 Å². The van der Waals surface area contributed by atoms with E-state index in [-0.39, 0.29) is 0 Å². The molecule has 0 amide bonds. The van der Waals surface area contributed by atoms with E-state index in [1.165, 1.54) is 16.7 Å². The highest BCUT2D eigenvalue weighted by atomic mass is 14.8. The number of nitrogens with zero attached hydrogens (tertiary/aromatic N) is 1. The van der Waals surface area contributed by atoms with E-state index in [0.29, 0.717) is 11.8 Å². The lowest BCUT2D eigenvalue weighted by molar-refractivity contribution is 0.534. The second-order valence-electron chi connectivity index (χ2n) is 5.06. The van der Waals surface area contributed by atoms with Crippen molar-refractivity contribution in [2.45, 2.75) is 33.6 Å². The lowest BCUT2D eigenvalue weighted by Gasteiger charge is -2.18. The molecule has 0 saturated heterocycles. The summed E-state index contributed by atoms with van der Waals surface area (Å²) in [6, 6.07) is 2.14. The Bertz CT molecular complexity index is 380. The van der Waals surface area contributed by atoms with Gasteiger partial charge in [-0.2, -0.15) is 0 Å².